The van der Waals surface area contributed by atoms with E-state index >= 15 is 0 Å². The molecule has 0 unspecified atom stereocenters. The van der Waals surface area contributed by atoms with E-state index in [-0.39, 0.29) is 4.90 Å². The predicted octanol–water partition coefficient (Wildman–Crippen LogP) is 2.82. The molecule has 0 atom stereocenters. The highest BCUT2D eigenvalue weighted by Gasteiger charge is 2.27. The number of rotatable bonds is 5. The van der Waals surface area contributed by atoms with E-state index in [1.54, 1.807) is 19.1 Å². The fourth-order valence-electron chi connectivity index (χ4n) is 3.74. The van der Waals surface area contributed by atoms with E-state index in [0.29, 0.717) is 29.1 Å². The Hall–Kier alpha value is -0.660. The van der Waals surface area contributed by atoms with Crippen LogP contribution in [0.3, 0.4) is 0 Å². The van der Waals surface area contributed by atoms with E-state index in [0.717, 1.165) is 52.0 Å². The fraction of sp³-hybridized carbons (Fsp3) is 0.667. The summed E-state index contributed by atoms with van der Waals surface area (Å²) in [4.78, 5) is 2.83. The third kappa shape index (κ3) is 4.95. The molecule has 7 heteroatoms. The lowest BCUT2D eigenvalue weighted by Gasteiger charge is -2.39. The fourth-order valence-corrected chi connectivity index (χ4v) is 5.36. The number of hydrogen-bond acceptors (Lipinski definition) is 4. The van der Waals surface area contributed by atoms with E-state index in [9.17, 15) is 8.42 Å². The number of halogens is 1. The summed E-state index contributed by atoms with van der Waals surface area (Å²) in [6.07, 6.45) is 4.31. The quantitative estimate of drug-likeness (QED) is 0.845. The largest absolute Gasteiger partial charge is 0.381 e. The third-order valence-electron chi connectivity index (χ3n) is 5.36. The first-order chi connectivity index (χ1) is 12.0. The zero-order valence-corrected chi connectivity index (χ0v) is 16.3. The molecule has 140 valence electrons. The van der Waals surface area contributed by atoms with Gasteiger partial charge in [-0.3, -0.25) is 0 Å². The van der Waals surface area contributed by atoms with Gasteiger partial charge >= 0.3 is 0 Å². The molecular formula is C18H27ClN2O3S. The van der Waals surface area contributed by atoms with Crippen molar-refractivity contribution in [1.29, 1.82) is 0 Å². The van der Waals surface area contributed by atoms with Gasteiger partial charge in [-0.15, -0.1) is 0 Å². The van der Waals surface area contributed by atoms with Gasteiger partial charge in [-0.25, -0.2) is 13.1 Å². The van der Waals surface area contributed by atoms with Crippen LogP contribution in [0.1, 0.15) is 31.2 Å². The van der Waals surface area contributed by atoms with Gasteiger partial charge in [0.2, 0.25) is 10.0 Å². The van der Waals surface area contributed by atoms with Crippen molar-refractivity contribution in [3.63, 3.8) is 0 Å². The van der Waals surface area contributed by atoms with Crippen LogP contribution in [0.25, 0.3) is 0 Å². The van der Waals surface area contributed by atoms with E-state index in [2.05, 4.69) is 9.62 Å². The molecule has 0 amide bonds. The van der Waals surface area contributed by atoms with Crippen LogP contribution < -0.4 is 4.72 Å². The molecule has 1 N–H and O–H groups in total. The molecule has 0 bridgehead atoms. The molecule has 1 aromatic rings. The number of hydrogen-bond donors (Lipinski definition) is 1. The van der Waals surface area contributed by atoms with Gasteiger partial charge in [-0.05, 0) is 69.3 Å². The number of ether oxygens (including phenoxy) is 1. The van der Waals surface area contributed by atoms with Gasteiger partial charge in [0, 0.05) is 30.8 Å². The van der Waals surface area contributed by atoms with Crippen LogP contribution in [-0.2, 0) is 14.8 Å². The van der Waals surface area contributed by atoms with Gasteiger partial charge in [0.1, 0.15) is 0 Å². The minimum Gasteiger partial charge on any atom is -0.381 e. The lowest BCUT2D eigenvalue weighted by molar-refractivity contribution is 0.0214. The zero-order chi connectivity index (χ0) is 17.9. The molecule has 5 nitrogen and oxygen atoms in total. The maximum absolute atomic E-state index is 12.6. The maximum Gasteiger partial charge on any atom is 0.240 e. The Labute approximate surface area is 155 Å². The van der Waals surface area contributed by atoms with Crippen molar-refractivity contribution in [3.05, 3.63) is 28.8 Å². The lowest BCUT2D eigenvalue weighted by atomic mass is 9.94. The highest BCUT2D eigenvalue weighted by atomic mass is 35.5. The average molecular weight is 387 g/mol. The molecule has 0 saturated carbocycles. The first kappa shape index (κ1) is 19.1. The zero-order valence-electron chi connectivity index (χ0n) is 14.7. The summed E-state index contributed by atoms with van der Waals surface area (Å²) in [5.74, 6) is 0.394. The third-order valence-corrected chi connectivity index (χ3v) is 7.16. The second kappa shape index (κ2) is 8.35. The van der Waals surface area contributed by atoms with Crippen molar-refractivity contribution in [3.8, 4) is 0 Å². The molecule has 25 heavy (non-hydrogen) atoms. The Balaban J connectivity index is 1.51. The topological polar surface area (TPSA) is 58.6 Å². The summed E-state index contributed by atoms with van der Waals surface area (Å²) in [5.41, 5.74) is 0.714. The number of sulfonamides is 1. The SMILES string of the molecule is Cc1ccc(Cl)cc1S(=O)(=O)NCC1CCN(C2CCOCC2)CC1. The van der Waals surface area contributed by atoms with E-state index < -0.39 is 10.0 Å². The monoisotopic (exact) mass is 386 g/mol. The average Bonchev–Trinajstić information content (AvgIpc) is 2.63. The molecule has 2 saturated heterocycles. The number of piperidine rings is 1. The van der Waals surface area contributed by atoms with Crippen molar-refractivity contribution >= 4 is 21.6 Å². The molecular weight excluding hydrogens is 360 g/mol. The van der Waals surface area contributed by atoms with Gasteiger partial charge in [0.05, 0.1) is 4.90 Å². The molecule has 2 aliphatic rings. The summed E-state index contributed by atoms with van der Waals surface area (Å²) >= 11 is 5.95. The molecule has 3 rings (SSSR count). The molecule has 2 aliphatic heterocycles. The molecule has 0 aromatic heterocycles. The Morgan fingerprint density at radius 2 is 1.88 bits per heavy atom. The van der Waals surface area contributed by atoms with Gasteiger partial charge in [0.15, 0.2) is 0 Å². The molecule has 1 aromatic carbocycles. The molecule has 0 spiro atoms. The molecule has 0 radical (unpaired) electrons. The highest BCUT2D eigenvalue weighted by molar-refractivity contribution is 7.89. The van der Waals surface area contributed by atoms with Crippen molar-refractivity contribution in [1.82, 2.24) is 9.62 Å². The van der Waals surface area contributed by atoms with Crippen LogP contribution >= 0.6 is 11.6 Å². The van der Waals surface area contributed by atoms with Crippen molar-refractivity contribution in [2.24, 2.45) is 5.92 Å². The minimum atomic E-state index is -3.51. The van der Waals surface area contributed by atoms with Crippen molar-refractivity contribution in [2.75, 3.05) is 32.8 Å². The standard InChI is InChI=1S/C18H27ClN2O3S/c1-14-2-3-16(19)12-18(14)25(22,23)20-13-15-4-8-21(9-5-15)17-6-10-24-11-7-17/h2-3,12,15,17,20H,4-11,13H2,1H3. The van der Waals surface area contributed by atoms with Crippen molar-refractivity contribution < 1.29 is 13.2 Å². The number of likely N-dealkylation sites (tertiary alicyclic amines) is 1. The van der Waals surface area contributed by atoms with Crippen LogP contribution in [0.5, 0.6) is 0 Å². The lowest BCUT2D eigenvalue weighted by Crippen LogP contribution is -2.45. The second-order valence-corrected chi connectivity index (χ2v) is 9.26. The van der Waals surface area contributed by atoms with Crippen LogP contribution in [0, 0.1) is 12.8 Å². The van der Waals surface area contributed by atoms with E-state index in [1.807, 2.05) is 0 Å². The van der Waals surface area contributed by atoms with Crippen LogP contribution in [-0.4, -0.2) is 52.2 Å². The Morgan fingerprint density at radius 1 is 1.20 bits per heavy atom. The smallest absolute Gasteiger partial charge is 0.240 e. The number of nitrogens with one attached hydrogen (secondary N) is 1. The first-order valence-electron chi connectivity index (χ1n) is 9.03. The van der Waals surface area contributed by atoms with E-state index in [1.165, 1.54) is 6.07 Å². The molecule has 0 aliphatic carbocycles. The Kier molecular flexibility index (Phi) is 6.39. The normalized spacial score (nSPS) is 21.5. The minimum absolute atomic E-state index is 0.277. The Bertz CT molecular complexity index is 682. The summed E-state index contributed by atoms with van der Waals surface area (Å²) in [7, 11) is -3.51. The maximum atomic E-state index is 12.6. The summed E-state index contributed by atoms with van der Waals surface area (Å²) in [5, 5.41) is 0.441. The van der Waals surface area contributed by atoms with E-state index in [4.69, 9.17) is 16.3 Å². The number of nitrogens with zero attached hydrogens (tertiary/aromatic N) is 1. The second-order valence-electron chi connectivity index (χ2n) is 7.08. The summed E-state index contributed by atoms with van der Waals surface area (Å²) in [6.45, 7) is 6.11. The van der Waals surface area contributed by atoms with Gasteiger partial charge in [-0.2, -0.15) is 0 Å². The Morgan fingerprint density at radius 3 is 2.56 bits per heavy atom. The van der Waals surface area contributed by atoms with Crippen LogP contribution in [0.2, 0.25) is 5.02 Å². The van der Waals surface area contributed by atoms with Gasteiger partial charge in [-0.1, -0.05) is 17.7 Å². The van der Waals surface area contributed by atoms with Crippen LogP contribution in [0.4, 0.5) is 0 Å². The number of benzene rings is 1. The molecule has 2 fully saturated rings. The van der Waals surface area contributed by atoms with Crippen molar-refractivity contribution in [2.45, 2.75) is 43.5 Å². The predicted molar refractivity (Wildman–Crippen MR) is 99.5 cm³/mol. The molecule has 2 heterocycles. The first-order valence-corrected chi connectivity index (χ1v) is 10.9. The summed E-state index contributed by atoms with van der Waals surface area (Å²) in [6, 6.07) is 5.61. The summed E-state index contributed by atoms with van der Waals surface area (Å²) < 4.78 is 33.3. The van der Waals surface area contributed by atoms with Gasteiger partial charge < -0.3 is 9.64 Å². The van der Waals surface area contributed by atoms with Gasteiger partial charge in [0.25, 0.3) is 0 Å². The highest BCUT2D eigenvalue weighted by Crippen LogP contribution is 2.24. The van der Waals surface area contributed by atoms with Crippen LogP contribution in [0.15, 0.2) is 23.1 Å². The number of aryl methyl sites for hydroxylation is 1.